The largest absolute Gasteiger partial charge is 0.480 e. The number of hydrogen-bond acceptors (Lipinski definition) is 9. The Hall–Kier alpha value is -5.36. The van der Waals surface area contributed by atoms with Crippen LogP contribution in [0.5, 0.6) is 0 Å². The van der Waals surface area contributed by atoms with Crippen molar-refractivity contribution in [2.75, 3.05) is 6.54 Å². The van der Waals surface area contributed by atoms with E-state index in [1.807, 2.05) is 36.4 Å². The Balaban J connectivity index is 1.34. The molecule has 0 radical (unpaired) electrons. The third kappa shape index (κ3) is 10.1. The second-order valence-electron chi connectivity index (χ2n) is 10.3. The summed E-state index contributed by atoms with van der Waals surface area (Å²) in [4.78, 5) is 54.4. The van der Waals surface area contributed by atoms with Gasteiger partial charge in [-0.05, 0) is 54.6 Å². The number of aromatic nitrogens is 2. The number of rotatable bonds is 16. The van der Waals surface area contributed by atoms with Crippen molar-refractivity contribution in [2.45, 2.75) is 50.8 Å². The number of ketones is 1. The van der Waals surface area contributed by atoms with Crippen LogP contribution in [0.25, 0.3) is 0 Å². The molecule has 2 atom stereocenters. The molecule has 234 valence electrons. The van der Waals surface area contributed by atoms with Gasteiger partial charge in [-0.1, -0.05) is 78.0 Å². The molecule has 3 aromatic carbocycles. The lowest BCUT2D eigenvalue weighted by atomic mass is 10.0. The second-order valence-corrected chi connectivity index (χ2v) is 10.3. The zero-order valence-corrected chi connectivity index (χ0v) is 24.6. The summed E-state index contributed by atoms with van der Waals surface area (Å²) < 4.78 is 10.6. The van der Waals surface area contributed by atoms with E-state index in [1.165, 1.54) is 0 Å². The van der Waals surface area contributed by atoms with Gasteiger partial charge < -0.3 is 30.7 Å². The molecule has 0 aliphatic rings. The number of unbranched alkanes of at least 4 members (excludes halogenated alkanes) is 1. The first-order valence-corrected chi connectivity index (χ1v) is 14.5. The van der Waals surface area contributed by atoms with Crippen LogP contribution in [-0.2, 0) is 29.0 Å². The van der Waals surface area contributed by atoms with Gasteiger partial charge in [-0.2, -0.15) is 4.98 Å². The quantitative estimate of drug-likeness (QED) is 0.107. The van der Waals surface area contributed by atoms with Gasteiger partial charge in [0.05, 0.1) is 12.5 Å². The molecule has 2 amide bonds. The Morgan fingerprint density at radius 1 is 0.822 bits per heavy atom. The van der Waals surface area contributed by atoms with E-state index in [0.717, 1.165) is 16.7 Å². The molecule has 0 aliphatic carbocycles. The van der Waals surface area contributed by atoms with E-state index in [9.17, 15) is 24.3 Å². The van der Waals surface area contributed by atoms with Gasteiger partial charge >= 0.3 is 12.1 Å². The molecule has 0 spiro atoms. The summed E-state index contributed by atoms with van der Waals surface area (Å²) >= 11 is 0. The Morgan fingerprint density at radius 3 is 2.13 bits per heavy atom. The molecule has 1 unspecified atom stereocenters. The van der Waals surface area contributed by atoms with E-state index in [4.69, 9.17) is 15.0 Å². The summed E-state index contributed by atoms with van der Waals surface area (Å²) in [6.45, 7) is 0.497. The molecule has 12 heteroatoms. The first-order valence-electron chi connectivity index (χ1n) is 14.5. The molecule has 4 aromatic rings. The van der Waals surface area contributed by atoms with Crippen LogP contribution in [-0.4, -0.2) is 57.6 Å². The summed E-state index contributed by atoms with van der Waals surface area (Å²) in [7, 11) is 0. The number of carboxylic acid groups (broad SMARTS) is 1. The van der Waals surface area contributed by atoms with Crippen LogP contribution in [0, 0.1) is 0 Å². The number of ether oxygens (including phenoxy) is 1. The lowest BCUT2D eigenvalue weighted by Gasteiger charge is -2.16. The molecule has 0 bridgehead atoms. The molecule has 45 heavy (non-hydrogen) atoms. The first-order chi connectivity index (χ1) is 21.8. The summed E-state index contributed by atoms with van der Waals surface area (Å²) in [6, 6.07) is 22.7. The normalized spacial score (nSPS) is 12.1. The van der Waals surface area contributed by atoms with Gasteiger partial charge in [0.25, 0.3) is 5.91 Å². The SMILES string of the molecule is NCCCCC(NC(=O)OCc1ccccc1)C(=O)c1noc(Cc2ccc(C(=O)N[C@H](Cc3ccccc3)C(=O)O)cc2)n1. The molecule has 5 N–H and O–H groups in total. The lowest BCUT2D eigenvalue weighted by molar-refractivity contribution is -0.139. The van der Waals surface area contributed by atoms with Crippen LogP contribution in [0.2, 0.25) is 0 Å². The van der Waals surface area contributed by atoms with Crippen molar-refractivity contribution in [3.63, 3.8) is 0 Å². The number of nitrogens with one attached hydrogen (secondary N) is 2. The highest BCUT2D eigenvalue weighted by Gasteiger charge is 2.27. The van der Waals surface area contributed by atoms with Gasteiger partial charge in [0, 0.05) is 12.0 Å². The Kier molecular flexibility index (Phi) is 11.9. The number of alkyl carbamates (subject to hydrolysis) is 1. The molecule has 12 nitrogen and oxygen atoms in total. The van der Waals surface area contributed by atoms with Crippen molar-refractivity contribution in [2.24, 2.45) is 5.73 Å². The van der Waals surface area contributed by atoms with Gasteiger partial charge in [-0.25, -0.2) is 9.59 Å². The number of benzene rings is 3. The van der Waals surface area contributed by atoms with E-state index < -0.39 is 35.8 Å². The number of amides is 2. The molecule has 1 aromatic heterocycles. The van der Waals surface area contributed by atoms with E-state index in [0.29, 0.717) is 25.8 Å². The number of Topliss-reactive ketones (excluding diaryl/α,β-unsaturated/α-hetero) is 1. The van der Waals surface area contributed by atoms with Crippen molar-refractivity contribution in [3.8, 4) is 0 Å². The smallest absolute Gasteiger partial charge is 0.408 e. The summed E-state index contributed by atoms with van der Waals surface area (Å²) in [5.74, 6) is -2.19. The van der Waals surface area contributed by atoms with Gasteiger partial charge in [-0.3, -0.25) is 9.59 Å². The fraction of sp³-hybridized carbons (Fsp3) is 0.273. The van der Waals surface area contributed by atoms with E-state index in [2.05, 4.69) is 20.8 Å². The van der Waals surface area contributed by atoms with Crippen molar-refractivity contribution >= 4 is 23.8 Å². The maximum absolute atomic E-state index is 13.2. The van der Waals surface area contributed by atoms with Crippen LogP contribution >= 0.6 is 0 Å². The average molecular weight is 614 g/mol. The zero-order chi connectivity index (χ0) is 32.0. The molecular formula is C33H35N5O7. The predicted octanol–water partition coefficient (Wildman–Crippen LogP) is 3.69. The topological polar surface area (TPSA) is 187 Å². The van der Waals surface area contributed by atoms with Crippen molar-refractivity contribution in [1.82, 2.24) is 20.8 Å². The lowest BCUT2D eigenvalue weighted by Crippen LogP contribution is -2.42. The Bertz CT molecular complexity index is 1560. The molecule has 4 rings (SSSR count). The fourth-order valence-corrected chi connectivity index (χ4v) is 4.49. The van der Waals surface area contributed by atoms with Gasteiger partial charge in [0.2, 0.25) is 17.5 Å². The maximum atomic E-state index is 13.2. The molecule has 0 saturated heterocycles. The van der Waals surface area contributed by atoms with E-state index >= 15 is 0 Å². The molecule has 0 fully saturated rings. The standard InChI is InChI=1S/C33H35N5O7/c34-18-8-7-13-26(36-33(43)44-21-24-11-5-2-6-12-24)29(39)30-37-28(45-38-30)20-23-14-16-25(17-15-23)31(40)35-27(32(41)42)19-22-9-3-1-4-10-22/h1-6,9-12,14-17,26-27H,7-8,13,18-21,34H2,(H,35,40)(H,36,43)(H,41,42)/t26?,27-/m1/s1. The molecule has 0 aliphatic heterocycles. The maximum Gasteiger partial charge on any atom is 0.408 e. The van der Waals surface area contributed by atoms with Gasteiger partial charge in [-0.15, -0.1) is 0 Å². The third-order valence-electron chi connectivity index (χ3n) is 6.91. The highest BCUT2D eigenvalue weighted by Crippen LogP contribution is 2.13. The van der Waals surface area contributed by atoms with Crippen LogP contribution < -0.4 is 16.4 Å². The van der Waals surface area contributed by atoms with E-state index in [1.54, 1.807) is 48.5 Å². The monoisotopic (exact) mass is 613 g/mol. The minimum atomic E-state index is -1.13. The number of nitrogens with zero attached hydrogens (tertiary/aromatic N) is 2. The van der Waals surface area contributed by atoms with Crippen LogP contribution in [0.4, 0.5) is 4.79 Å². The van der Waals surface area contributed by atoms with Gasteiger partial charge in [0.1, 0.15) is 12.6 Å². The van der Waals surface area contributed by atoms with Crippen molar-refractivity contribution in [3.05, 3.63) is 119 Å². The zero-order valence-electron chi connectivity index (χ0n) is 24.6. The van der Waals surface area contributed by atoms with Crippen LogP contribution in [0.1, 0.15) is 62.8 Å². The number of carbonyl (C=O) groups excluding carboxylic acids is 3. The highest BCUT2D eigenvalue weighted by molar-refractivity contribution is 5.98. The Labute approximate surface area is 260 Å². The van der Waals surface area contributed by atoms with Crippen LogP contribution in [0.3, 0.4) is 0 Å². The Morgan fingerprint density at radius 2 is 1.49 bits per heavy atom. The summed E-state index contributed by atoms with van der Waals surface area (Å²) in [5, 5.41) is 18.6. The first kappa shape index (κ1) is 32.6. The molecule has 1 heterocycles. The summed E-state index contributed by atoms with van der Waals surface area (Å²) in [6.07, 6.45) is 1.16. The summed E-state index contributed by atoms with van der Waals surface area (Å²) in [5.41, 5.74) is 8.20. The number of aliphatic carboxylic acids is 1. The minimum Gasteiger partial charge on any atom is -0.480 e. The third-order valence-corrected chi connectivity index (χ3v) is 6.91. The minimum absolute atomic E-state index is 0.0526. The highest BCUT2D eigenvalue weighted by atomic mass is 16.5. The average Bonchev–Trinajstić information content (AvgIpc) is 3.52. The number of carbonyl (C=O) groups is 4. The number of hydrogen-bond donors (Lipinski definition) is 4. The van der Waals surface area contributed by atoms with E-state index in [-0.39, 0.29) is 36.7 Å². The number of nitrogens with two attached hydrogens (primary N) is 1. The van der Waals surface area contributed by atoms with Gasteiger partial charge in [0.15, 0.2) is 0 Å². The molecule has 0 saturated carbocycles. The number of carboxylic acids is 1. The van der Waals surface area contributed by atoms with Crippen molar-refractivity contribution in [1.29, 1.82) is 0 Å². The second kappa shape index (κ2) is 16.5. The fourth-order valence-electron chi connectivity index (χ4n) is 4.49. The van der Waals surface area contributed by atoms with Crippen LogP contribution in [0.15, 0.2) is 89.5 Å². The predicted molar refractivity (Wildman–Crippen MR) is 163 cm³/mol. The van der Waals surface area contributed by atoms with Crippen molar-refractivity contribution < 1.29 is 33.5 Å². The molecular weight excluding hydrogens is 578 g/mol.